The number of piperazine rings is 1. The molecule has 3 aromatic heterocycles. The Kier molecular flexibility index (Phi) is 5.23. The lowest BCUT2D eigenvalue weighted by Gasteiger charge is -2.33. The van der Waals surface area contributed by atoms with Gasteiger partial charge in [-0.15, -0.1) is 0 Å². The van der Waals surface area contributed by atoms with Gasteiger partial charge >= 0.3 is 0 Å². The van der Waals surface area contributed by atoms with Gasteiger partial charge in [0.1, 0.15) is 11.5 Å². The van der Waals surface area contributed by atoms with E-state index in [-0.39, 0.29) is 5.92 Å². The highest BCUT2D eigenvalue weighted by Gasteiger charge is 2.17. The number of hydrogen-bond acceptors (Lipinski definition) is 5. The first-order valence-electron chi connectivity index (χ1n) is 11.9. The minimum atomic E-state index is 0.281. The molecule has 0 spiro atoms. The van der Waals surface area contributed by atoms with E-state index in [0.29, 0.717) is 0 Å². The lowest BCUT2D eigenvalue weighted by Crippen LogP contribution is -2.44. The summed E-state index contributed by atoms with van der Waals surface area (Å²) in [6.45, 7) is 6.39. The smallest absolute Gasteiger partial charge is 0.128 e. The first-order valence-corrected chi connectivity index (χ1v) is 11.9. The molecule has 0 aliphatic carbocycles. The number of pyridine rings is 2. The van der Waals surface area contributed by atoms with Crippen LogP contribution in [0.3, 0.4) is 0 Å². The van der Waals surface area contributed by atoms with E-state index in [9.17, 15) is 0 Å². The first kappa shape index (κ1) is 20.8. The molecular weight excluding hydrogens is 420 g/mol. The Bertz CT molecular complexity index is 1430. The van der Waals surface area contributed by atoms with E-state index in [1.807, 2.05) is 12.4 Å². The largest absolute Gasteiger partial charge is 0.354 e. The van der Waals surface area contributed by atoms with Gasteiger partial charge < -0.3 is 9.80 Å². The number of aromatic amines is 1. The summed E-state index contributed by atoms with van der Waals surface area (Å²) in [7, 11) is 2.17. The van der Waals surface area contributed by atoms with Crippen molar-refractivity contribution in [2.75, 3.05) is 38.1 Å². The summed E-state index contributed by atoms with van der Waals surface area (Å²) in [4.78, 5) is 14.2. The zero-order valence-electron chi connectivity index (χ0n) is 19.6. The SMILES string of the molecule is CC(c1ccccc1)c1cnc2cc3[nH]nc(-c4ccc(N5CCN(C)CC5)nc4)c3cc2c1. The molecule has 1 atom stereocenters. The van der Waals surface area contributed by atoms with Crippen molar-refractivity contribution >= 4 is 27.6 Å². The monoisotopic (exact) mass is 448 g/mol. The molecule has 5 aromatic rings. The van der Waals surface area contributed by atoms with E-state index in [1.165, 1.54) is 11.1 Å². The molecule has 1 aliphatic heterocycles. The molecule has 0 radical (unpaired) electrons. The van der Waals surface area contributed by atoms with Crippen LogP contribution in [0.5, 0.6) is 0 Å². The number of benzene rings is 2. The maximum atomic E-state index is 4.76. The van der Waals surface area contributed by atoms with Crippen LogP contribution in [-0.2, 0) is 0 Å². The summed E-state index contributed by atoms with van der Waals surface area (Å²) in [5.74, 6) is 1.31. The standard InChI is InChI=1S/C28H28N6/c1-19(20-6-4-3-5-7-20)23-14-22-15-24-26(16-25(22)29-18-23)31-32-28(24)21-8-9-27(30-17-21)34-12-10-33(2)11-13-34/h3-9,14-19H,10-13H2,1-2H3,(H,31,32). The Hall–Kier alpha value is -3.77. The molecular formula is C28H28N6. The highest BCUT2D eigenvalue weighted by atomic mass is 15.3. The molecule has 0 amide bonds. The number of nitrogens with zero attached hydrogens (tertiary/aromatic N) is 5. The Labute approximate surface area is 199 Å². The molecule has 1 N–H and O–H groups in total. The highest BCUT2D eigenvalue weighted by Crippen LogP contribution is 2.32. The fourth-order valence-corrected chi connectivity index (χ4v) is 4.80. The first-order chi connectivity index (χ1) is 16.7. The van der Waals surface area contributed by atoms with Gasteiger partial charge in [0, 0.05) is 60.8 Å². The second-order valence-electron chi connectivity index (χ2n) is 9.26. The molecule has 1 fully saturated rings. The molecule has 170 valence electrons. The third-order valence-corrected chi connectivity index (χ3v) is 7.03. The predicted octanol–water partition coefficient (Wildman–Crippen LogP) is 5.08. The van der Waals surface area contributed by atoms with E-state index < -0.39 is 0 Å². The average molecular weight is 449 g/mol. The van der Waals surface area contributed by atoms with E-state index in [2.05, 4.69) is 94.6 Å². The maximum Gasteiger partial charge on any atom is 0.128 e. The zero-order chi connectivity index (χ0) is 23.1. The number of rotatable bonds is 4. The number of H-pyrrole nitrogens is 1. The Morgan fingerprint density at radius 3 is 2.44 bits per heavy atom. The summed E-state index contributed by atoms with van der Waals surface area (Å²) < 4.78 is 0. The molecule has 0 saturated carbocycles. The molecule has 0 bridgehead atoms. The van der Waals surface area contributed by atoms with Crippen molar-refractivity contribution in [3.8, 4) is 11.3 Å². The van der Waals surface area contributed by atoms with Crippen LogP contribution in [-0.4, -0.2) is 58.3 Å². The zero-order valence-corrected chi connectivity index (χ0v) is 19.6. The van der Waals surface area contributed by atoms with Crippen molar-refractivity contribution in [1.29, 1.82) is 0 Å². The van der Waals surface area contributed by atoms with Crippen LogP contribution in [0, 0.1) is 0 Å². The lowest BCUT2D eigenvalue weighted by atomic mass is 9.93. The molecule has 1 saturated heterocycles. The van der Waals surface area contributed by atoms with Crippen molar-refractivity contribution < 1.29 is 0 Å². The topological polar surface area (TPSA) is 60.9 Å². The van der Waals surface area contributed by atoms with Gasteiger partial charge in [-0.05, 0) is 48.5 Å². The number of aromatic nitrogens is 4. The van der Waals surface area contributed by atoms with Crippen LogP contribution in [0.4, 0.5) is 5.82 Å². The van der Waals surface area contributed by atoms with E-state index in [0.717, 1.165) is 65.1 Å². The second kappa shape index (κ2) is 8.54. The van der Waals surface area contributed by atoms with Gasteiger partial charge in [-0.2, -0.15) is 5.10 Å². The fourth-order valence-electron chi connectivity index (χ4n) is 4.80. The average Bonchev–Trinajstić information content (AvgIpc) is 3.30. The Morgan fingerprint density at radius 1 is 0.853 bits per heavy atom. The molecule has 4 heterocycles. The van der Waals surface area contributed by atoms with Crippen molar-refractivity contribution in [2.24, 2.45) is 0 Å². The van der Waals surface area contributed by atoms with Crippen molar-refractivity contribution in [3.05, 3.63) is 84.2 Å². The summed E-state index contributed by atoms with van der Waals surface area (Å²) in [5, 5.41) is 10.0. The predicted molar refractivity (Wildman–Crippen MR) is 138 cm³/mol. The fraction of sp³-hybridized carbons (Fsp3) is 0.250. The van der Waals surface area contributed by atoms with Gasteiger partial charge in [0.15, 0.2) is 0 Å². The van der Waals surface area contributed by atoms with Crippen LogP contribution in [0.25, 0.3) is 33.1 Å². The quantitative estimate of drug-likeness (QED) is 0.416. The Morgan fingerprint density at radius 2 is 1.68 bits per heavy atom. The van der Waals surface area contributed by atoms with Gasteiger partial charge in [-0.3, -0.25) is 10.1 Å². The van der Waals surface area contributed by atoms with Crippen LogP contribution in [0.15, 0.2) is 73.1 Å². The number of fused-ring (bicyclic) bond motifs is 2. The molecule has 1 unspecified atom stereocenters. The minimum Gasteiger partial charge on any atom is -0.354 e. The minimum absolute atomic E-state index is 0.281. The number of likely N-dealkylation sites (N-methyl/N-ethyl adjacent to an activating group) is 1. The summed E-state index contributed by atoms with van der Waals surface area (Å²) in [6.07, 6.45) is 3.93. The van der Waals surface area contributed by atoms with E-state index in [4.69, 9.17) is 9.97 Å². The summed E-state index contributed by atoms with van der Waals surface area (Å²) >= 11 is 0. The molecule has 6 rings (SSSR count). The van der Waals surface area contributed by atoms with Crippen LogP contribution >= 0.6 is 0 Å². The molecule has 6 heteroatoms. The van der Waals surface area contributed by atoms with Gasteiger partial charge in [0.05, 0.1) is 11.0 Å². The molecule has 1 aliphatic rings. The number of nitrogens with one attached hydrogen (secondary N) is 1. The van der Waals surface area contributed by atoms with Gasteiger partial charge in [0.2, 0.25) is 0 Å². The molecule has 6 nitrogen and oxygen atoms in total. The normalized spacial score (nSPS) is 15.8. The van der Waals surface area contributed by atoms with Crippen LogP contribution in [0.1, 0.15) is 24.0 Å². The highest BCUT2D eigenvalue weighted by molar-refractivity contribution is 6.01. The third kappa shape index (κ3) is 3.80. The summed E-state index contributed by atoms with van der Waals surface area (Å²) in [6, 6.07) is 21.4. The maximum absolute atomic E-state index is 4.76. The van der Waals surface area contributed by atoms with Crippen molar-refractivity contribution in [3.63, 3.8) is 0 Å². The van der Waals surface area contributed by atoms with Crippen molar-refractivity contribution in [1.82, 2.24) is 25.1 Å². The van der Waals surface area contributed by atoms with Crippen LogP contribution in [0.2, 0.25) is 0 Å². The second-order valence-corrected chi connectivity index (χ2v) is 9.26. The lowest BCUT2D eigenvalue weighted by molar-refractivity contribution is 0.312. The van der Waals surface area contributed by atoms with Gasteiger partial charge in [-0.1, -0.05) is 37.3 Å². The number of anilines is 1. The van der Waals surface area contributed by atoms with Crippen molar-refractivity contribution in [2.45, 2.75) is 12.8 Å². The third-order valence-electron chi connectivity index (χ3n) is 7.03. The van der Waals surface area contributed by atoms with Crippen LogP contribution < -0.4 is 4.90 Å². The van der Waals surface area contributed by atoms with Gasteiger partial charge in [0.25, 0.3) is 0 Å². The van der Waals surface area contributed by atoms with E-state index in [1.54, 1.807) is 0 Å². The molecule has 34 heavy (non-hydrogen) atoms. The van der Waals surface area contributed by atoms with E-state index >= 15 is 0 Å². The van der Waals surface area contributed by atoms with Gasteiger partial charge in [-0.25, -0.2) is 4.98 Å². The Balaban J connectivity index is 1.34. The molecule has 2 aromatic carbocycles. The summed E-state index contributed by atoms with van der Waals surface area (Å²) in [5.41, 5.74) is 6.40. The number of hydrogen-bond donors (Lipinski definition) is 1.